The lowest BCUT2D eigenvalue weighted by atomic mass is 10.1. The van der Waals surface area contributed by atoms with Gasteiger partial charge in [-0.05, 0) is 38.1 Å². The van der Waals surface area contributed by atoms with Crippen molar-refractivity contribution in [2.24, 2.45) is 4.99 Å². The number of aliphatic hydroxyl groups is 2. The number of aliphatic hydroxyl groups excluding tert-OH is 2. The summed E-state index contributed by atoms with van der Waals surface area (Å²) in [6.07, 6.45) is 3.07. The quantitative estimate of drug-likeness (QED) is 0.677. The van der Waals surface area contributed by atoms with Crippen LogP contribution in [0.2, 0.25) is 0 Å². The Bertz CT molecular complexity index is 699. The monoisotopic (exact) mass is 329 g/mol. The van der Waals surface area contributed by atoms with E-state index in [2.05, 4.69) is 14.9 Å². The predicted molar refractivity (Wildman–Crippen MR) is 95.2 cm³/mol. The second kappa shape index (κ2) is 8.42. The molecule has 0 saturated carbocycles. The van der Waals surface area contributed by atoms with E-state index in [0.717, 1.165) is 17.9 Å². The molecule has 3 N–H and O–H groups in total. The molecule has 0 aliphatic carbocycles. The van der Waals surface area contributed by atoms with Crippen LogP contribution >= 0.6 is 0 Å². The Morgan fingerprint density at radius 2 is 1.92 bits per heavy atom. The van der Waals surface area contributed by atoms with Crippen LogP contribution in [0.1, 0.15) is 23.7 Å². The van der Waals surface area contributed by atoms with E-state index in [-0.39, 0.29) is 19.0 Å². The lowest BCUT2D eigenvalue weighted by molar-refractivity contribution is 0.280. The summed E-state index contributed by atoms with van der Waals surface area (Å²) in [5.74, 6) is 0.0297. The number of hydrogen-bond donors (Lipinski definition) is 3. The minimum Gasteiger partial charge on any atom is -0.505 e. The zero-order valence-electron chi connectivity index (χ0n) is 14.0. The van der Waals surface area contributed by atoms with Crippen LogP contribution in [0, 0.1) is 6.92 Å². The van der Waals surface area contributed by atoms with Crippen molar-refractivity contribution in [2.45, 2.75) is 20.5 Å². The third kappa shape index (κ3) is 4.10. The standard InChI is InChI=1S/C18H23N3O3/c1-3-21(8-9-22)16-6-4-15(5-7-16)20-11-17-14(12-23)10-19-13(2)18(17)24/h4-7,10-11,22-24H,3,8-9,12H2,1-2H3. The van der Waals surface area contributed by atoms with E-state index in [4.69, 9.17) is 5.11 Å². The van der Waals surface area contributed by atoms with Crippen molar-refractivity contribution in [3.8, 4) is 5.75 Å². The van der Waals surface area contributed by atoms with E-state index in [1.165, 1.54) is 12.4 Å². The summed E-state index contributed by atoms with van der Waals surface area (Å²) in [6, 6.07) is 7.62. The zero-order valence-corrected chi connectivity index (χ0v) is 14.0. The average molecular weight is 329 g/mol. The predicted octanol–water partition coefficient (Wildman–Crippen LogP) is 2.16. The first-order chi connectivity index (χ1) is 11.6. The summed E-state index contributed by atoms with van der Waals surface area (Å²) >= 11 is 0. The van der Waals surface area contributed by atoms with Crippen molar-refractivity contribution in [1.82, 2.24) is 4.98 Å². The van der Waals surface area contributed by atoms with Crippen LogP contribution in [-0.2, 0) is 6.61 Å². The molecule has 0 aliphatic rings. The third-order valence-corrected chi connectivity index (χ3v) is 3.84. The molecule has 0 fully saturated rings. The fourth-order valence-electron chi connectivity index (χ4n) is 2.40. The van der Waals surface area contributed by atoms with Gasteiger partial charge in [-0.15, -0.1) is 0 Å². The molecule has 0 saturated heterocycles. The van der Waals surface area contributed by atoms with Crippen LogP contribution in [0.3, 0.4) is 0 Å². The number of likely N-dealkylation sites (N-methyl/N-ethyl adjacent to an activating group) is 1. The molecule has 6 heteroatoms. The minimum absolute atomic E-state index is 0.0297. The van der Waals surface area contributed by atoms with Gasteiger partial charge in [0.15, 0.2) is 0 Å². The Balaban J connectivity index is 2.23. The molecule has 1 aromatic heterocycles. The molecule has 2 rings (SSSR count). The maximum Gasteiger partial charge on any atom is 0.145 e. The SMILES string of the molecule is CCN(CCO)c1ccc(N=Cc2c(CO)cnc(C)c2O)cc1. The van der Waals surface area contributed by atoms with Gasteiger partial charge in [0, 0.05) is 42.3 Å². The highest BCUT2D eigenvalue weighted by Crippen LogP contribution is 2.24. The topological polar surface area (TPSA) is 89.2 Å². The summed E-state index contributed by atoms with van der Waals surface area (Å²) in [6.45, 7) is 5.03. The highest BCUT2D eigenvalue weighted by Gasteiger charge is 2.09. The highest BCUT2D eigenvalue weighted by atomic mass is 16.3. The van der Waals surface area contributed by atoms with Gasteiger partial charge in [0.05, 0.1) is 24.6 Å². The van der Waals surface area contributed by atoms with E-state index in [9.17, 15) is 10.2 Å². The van der Waals surface area contributed by atoms with E-state index >= 15 is 0 Å². The Morgan fingerprint density at radius 3 is 2.50 bits per heavy atom. The molecule has 0 radical (unpaired) electrons. The van der Waals surface area contributed by atoms with Gasteiger partial charge in [0.25, 0.3) is 0 Å². The van der Waals surface area contributed by atoms with Crippen LogP contribution in [-0.4, -0.2) is 46.2 Å². The van der Waals surface area contributed by atoms with Gasteiger partial charge in [-0.3, -0.25) is 9.98 Å². The summed E-state index contributed by atoms with van der Waals surface area (Å²) in [7, 11) is 0. The molecule has 0 spiro atoms. The molecule has 0 atom stereocenters. The number of pyridine rings is 1. The first-order valence-corrected chi connectivity index (χ1v) is 7.89. The van der Waals surface area contributed by atoms with Crippen LogP contribution in [0.4, 0.5) is 11.4 Å². The summed E-state index contributed by atoms with van der Waals surface area (Å²) in [5, 5.41) is 28.5. The van der Waals surface area contributed by atoms with Gasteiger partial charge in [-0.25, -0.2) is 0 Å². The summed E-state index contributed by atoms with van der Waals surface area (Å²) in [4.78, 5) is 10.5. The molecule has 0 unspecified atom stereocenters. The van der Waals surface area contributed by atoms with Crippen molar-refractivity contribution in [1.29, 1.82) is 0 Å². The van der Waals surface area contributed by atoms with Gasteiger partial charge in [0.1, 0.15) is 5.75 Å². The second-order valence-corrected chi connectivity index (χ2v) is 5.37. The number of aromatic nitrogens is 1. The molecule has 0 aliphatic heterocycles. The number of aliphatic imine (C=N–C) groups is 1. The fraction of sp³-hybridized carbons (Fsp3) is 0.333. The number of anilines is 1. The number of aryl methyl sites for hydroxylation is 1. The van der Waals surface area contributed by atoms with Gasteiger partial charge < -0.3 is 20.2 Å². The lowest BCUT2D eigenvalue weighted by Crippen LogP contribution is -2.25. The molecule has 2 aromatic rings. The normalized spacial score (nSPS) is 11.2. The van der Waals surface area contributed by atoms with Crippen LogP contribution in [0.5, 0.6) is 5.75 Å². The third-order valence-electron chi connectivity index (χ3n) is 3.84. The Morgan fingerprint density at radius 1 is 1.21 bits per heavy atom. The molecule has 0 amide bonds. The Kier molecular flexibility index (Phi) is 6.28. The van der Waals surface area contributed by atoms with E-state index in [1.807, 2.05) is 31.2 Å². The van der Waals surface area contributed by atoms with Crippen molar-refractivity contribution in [3.05, 3.63) is 47.3 Å². The van der Waals surface area contributed by atoms with Crippen LogP contribution in [0.15, 0.2) is 35.5 Å². The molecule has 6 nitrogen and oxygen atoms in total. The van der Waals surface area contributed by atoms with Gasteiger partial charge >= 0.3 is 0 Å². The van der Waals surface area contributed by atoms with Crippen LogP contribution < -0.4 is 4.90 Å². The van der Waals surface area contributed by atoms with E-state index in [0.29, 0.717) is 23.4 Å². The first kappa shape index (κ1) is 17.9. The fourth-order valence-corrected chi connectivity index (χ4v) is 2.40. The van der Waals surface area contributed by atoms with Crippen molar-refractivity contribution < 1.29 is 15.3 Å². The van der Waals surface area contributed by atoms with Crippen molar-refractivity contribution in [3.63, 3.8) is 0 Å². The maximum absolute atomic E-state index is 10.1. The largest absolute Gasteiger partial charge is 0.505 e. The second-order valence-electron chi connectivity index (χ2n) is 5.37. The Hall–Kier alpha value is -2.44. The summed E-state index contributed by atoms with van der Waals surface area (Å²) in [5.41, 5.74) is 3.25. The number of rotatable bonds is 7. The van der Waals surface area contributed by atoms with Gasteiger partial charge in [-0.1, -0.05) is 0 Å². The number of nitrogens with zero attached hydrogens (tertiary/aromatic N) is 3. The molecular formula is C18H23N3O3. The number of hydrogen-bond acceptors (Lipinski definition) is 6. The number of aromatic hydroxyl groups is 1. The first-order valence-electron chi connectivity index (χ1n) is 7.89. The Labute approximate surface area is 141 Å². The number of benzene rings is 1. The molecule has 24 heavy (non-hydrogen) atoms. The van der Waals surface area contributed by atoms with Gasteiger partial charge in [-0.2, -0.15) is 0 Å². The summed E-state index contributed by atoms with van der Waals surface area (Å²) < 4.78 is 0. The van der Waals surface area contributed by atoms with E-state index < -0.39 is 0 Å². The molecule has 1 aromatic carbocycles. The minimum atomic E-state index is -0.215. The smallest absolute Gasteiger partial charge is 0.145 e. The maximum atomic E-state index is 10.1. The lowest BCUT2D eigenvalue weighted by Gasteiger charge is -2.21. The van der Waals surface area contributed by atoms with E-state index in [1.54, 1.807) is 6.92 Å². The molecular weight excluding hydrogens is 306 g/mol. The highest BCUT2D eigenvalue weighted by molar-refractivity contribution is 5.87. The average Bonchev–Trinajstić information content (AvgIpc) is 2.61. The molecule has 1 heterocycles. The molecule has 128 valence electrons. The zero-order chi connectivity index (χ0) is 17.5. The van der Waals surface area contributed by atoms with Crippen LogP contribution in [0.25, 0.3) is 0 Å². The van der Waals surface area contributed by atoms with Gasteiger partial charge in [0.2, 0.25) is 0 Å². The molecule has 0 bridgehead atoms. The van der Waals surface area contributed by atoms with Crippen molar-refractivity contribution in [2.75, 3.05) is 24.6 Å². The van der Waals surface area contributed by atoms with Crippen molar-refractivity contribution >= 4 is 17.6 Å².